The number of anilines is 1. The van der Waals surface area contributed by atoms with Gasteiger partial charge < -0.3 is 5.32 Å². The van der Waals surface area contributed by atoms with E-state index in [0.717, 1.165) is 39.9 Å². The van der Waals surface area contributed by atoms with Crippen molar-refractivity contribution in [2.45, 2.75) is 19.3 Å². The minimum atomic E-state index is 0.0627. The first-order valence-electron chi connectivity index (χ1n) is 8.58. The second-order valence-electron chi connectivity index (χ2n) is 6.44. The highest BCUT2D eigenvalue weighted by molar-refractivity contribution is 5.95. The number of amides is 1. The Morgan fingerprint density at radius 1 is 1.08 bits per heavy atom. The molecule has 0 radical (unpaired) electrons. The first-order valence-corrected chi connectivity index (χ1v) is 8.58. The minimum absolute atomic E-state index is 0.0627. The zero-order valence-electron chi connectivity index (χ0n) is 14.2. The van der Waals surface area contributed by atoms with Gasteiger partial charge in [-0.15, -0.1) is 0 Å². The summed E-state index contributed by atoms with van der Waals surface area (Å²) in [5, 5.41) is 12.0. The highest BCUT2D eigenvalue weighted by Crippen LogP contribution is 2.33. The summed E-state index contributed by atoms with van der Waals surface area (Å²) in [7, 11) is 0. The summed E-state index contributed by atoms with van der Waals surface area (Å²) in [6.45, 7) is 0. The van der Waals surface area contributed by atoms with Crippen molar-refractivity contribution in [1.29, 1.82) is 5.26 Å². The van der Waals surface area contributed by atoms with Gasteiger partial charge in [-0.05, 0) is 65.4 Å². The maximum absolute atomic E-state index is 11.9. The number of benzene rings is 2. The molecule has 26 heavy (non-hydrogen) atoms. The number of fused-ring (bicyclic) bond motifs is 1. The van der Waals surface area contributed by atoms with Crippen LogP contribution in [-0.4, -0.2) is 10.9 Å². The Balaban J connectivity index is 1.78. The van der Waals surface area contributed by atoms with Gasteiger partial charge in [0.1, 0.15) is 0 Å². The molecule has 1 aliphatic heterocycles. The molecule has 0 atom stereocenters. The Hall–Kier alpha value is -3.45. The molecule has 3 aromatic rings. The Labute approximate surface area is 152 Å². The highest BCUT2D eigenvalue weighted by Gasteiger charge is 2.19. The topological polar surface area (TPSA) is 65.8 Å². The quantitative estimate of drug-likeness (QED) is 0.781. The van der Waals surface area contributed by atoms with Gasteiger partial charge in [0.25, 0.3) is 0 Å². The van der Waals surface area contributed by atoms with Crippen molar-refractivity contribution < 1.29 is 4.79 Å². The minimum Gasteiger partial charge on any atom is -0.326 e. The first-order chi connectivity index (χ1) is 12.7. The van der Waals surface area contributed by atoms with Crippen molar-refractivity contribution in [2.24, 2.45) is 0 Å². The van der Waals surface area contributed by atoms with Crippen LogP contribution in [0.15, 0.2) is 60.9 Å². The first kappa shape index (κ1) is 16.0. The maximum atomic E-state index is 11.9. The van der Waals surface area contributed by atoms with Gasteiger partial charge in [-0.1, -0.05) is 18.2 Å². The number of carbonyl (C=O) groups is 1. The molecule has 4 rings (SSSR count). The Morgan fingerprint density at radius 3 is 2.65 bits per heavy atom. The lowest BCUT2D eigenvalue weighted by Crippen LogP contribution is -2.20. The number of nitrogens with zero attached hydrogens (tertiary/aromatic N) is 2. The van der Waals surface area contributed by atoms with E-state index in [1.54, 1.807) is 6.20 Å². The van der Waals surface area contributed by atoms with Crippen molar-refractivity contribution in [1.82, 2.24) is 4.98 Å². The van der Waals surface area contributed by atoms with Crippen LogP contribution < -0.4 is 5.32 Å². The average molecular weight is 339 g/mol. The third-order valence-corrected chi connectivity index (χ3v) is 4.66. The molecule has 0 spiro atoms. The number of pyridine rings is 1. The smallest absolute Gasteiger partial charge is 0.224 e. The standard InChI is InChI=1S/C22H17N3O/c23-13-16-5-3-15(4-6-16)10-20-12-19(18-2-1-9-24-14-18)11-17-7-8-21(26)25-22(17)20/h1-6,9,11-12,14H,7-8,10H2,(H,25,26). The van der Waals surface area contributed by atoms with E-state index in [2.05, 4.69) is 28.5 Å². The van der Waals surface area contributed by atoms with E-state index < -0.39 is 0 Å². The molecule has 0 unspecified atom stereocenters. The van der Waals surface area contributed by atoms with Gasteiger partial charge in [-0.3, -0.25) is 9.78 Å². The summed E-state index contributed by atoms with van der Waals surface area (Å²) in [6, 6.07) is 18.0. The average Bonchev–Trinajstić information content (AvgIpc) is 2.69. The van der Waals surface area contributed by atoms with Gasteiger partial charge in [-0.2, -0.15) is 5.26 Å². The lowest BCUT2D eigenvalue weighted by Gasteiger charge is -2.22. The molecular weight excluding hydrogens is 322 g/mol. The van der Waals surface area contributed by atoms with Crippen LogP contribution >= 0.6 is 0 Å². The zero-order chi connectivity index (χ0) is 17.9. The number of nitrogens with one attached hydrogen (secondary N) is 1. The van der Waals surface area contributed by atoms with E-state index in [1.807, 2.05) is 42.6 Å². The Bertz CT molecular complexity index is 1000. The van der Waals surface area contributed by atoms with Crippen LogP contribution in [0.1, 0.15) is 28.7 Å². The maximum Gasteiger partial charge on any atom is 0.224 e. The molecule has 1 aromatic heterocycles. The normalized spacial score (nSPS) is 12.8. The lowest BCUT2D eigenvalue weighted by atomic mass is 9.91. The van der Waals surface area contributed by atoms with E-state index in [4.69, 9.17) is 5.26 Å². The van der Waals surface area contributed by atoms with Crippen molar-refractivity contribution in [3.63, 3.8) is 0 Å². The van der Waals surface area contributed by atoms with E-state index in [1.165, 1.54) is 0 Å². The van der Waals surface area contributed by atoms with Gasteiger partial charge >= 0.3 is 0 Å². The van der Waals surface area contributed by atoms with Crippen molar-refractivity contribution in [3.05, 3.63) is 83.2 Å². The molecule has 2 heterocycles. The van der Waals surface area contributed by atoms with Crippen LogP contribution in [0.25, 0.3) is 11.1 Å². The number of rotatable bonds is 3. The fourth-order valence-corrected chi connectivity index (χ4v) is 3.33. The summed E-state index contributed by atoms with van der Waals surface area (Å²) in [6.07, 6.45) is 5.58. The molecule has 0 aliphatic carbocycles. The molecule has 2 aromatic carbocycles. The second-order valence-corrected chi connectivity index (χ2v) is 6.44. The Morgan fingerprint density at radius 2 is 1.92 bits per heavy atom. The number of hydrogen-bond acceptors (Lipinski definition) is 3. The van der Waals surface area contributed by atoms with E-state index in [9.17, 15) is 4.79 Å². The van der Waals surface area contributed by atoms with Gasteiger partial charge in [0.2, 0.25) is 5.91 Å². The van der Waals surface area contributed by atoms with Gasteiger partial charge in [0.15, 0.2) is 0 Å². The third kappa shape index (κ3) is 3.20. The van der Waals surface area contributed by atoms with E-state index in [-0.39, 0.29) is 5.91 Å². The SMILES string of the molecule is N#Cc1ccc(Cc2cc(-c3cccnc3)cc3c2NC(=O)CC3)cc1. The lowest BCUT2D eigenvalue weighted by molar-refractivity contribution is -0.116. The van der Waals surface area contributed by atoms with Crippen LogP contribution in [0.3, 0.4) is 0 Å². The van der Waals surface area contributed by atoms with Crippen LogP contribution in [0, 0.1) is 11.3 Å². The van der Waals surface area contributed by atoms with Crippen LogP contribution in [0.2, 0.25) is 0 Å². The number of aromatic nitrogens is 1. The monoisotopic (exact) mass is 339 g/mol. The van der Waals surface area contributed by atoms with E-state index in [0.29, 0.717) is 18.4 Å². The molecule has 4 heteroatoms. The van der Waals surface area contributed by atoms with Gasteiger partial charge in [-0.25, -0.2) is 0 Å². The number of hydrogen-bond donors (Lipinski definition) is 1. The van der Waals surface area contributed by atoms with Crippen molar-refractivity contribution in [2.75, 3.05) is 5.32 Å². The van der Waals surface area contributed by atoms with Gasteiger partial charge in [0, 0.05) is 30.1 Å². The molecule has 1 amide bonds. The summed E-state index contributed by atoms with van der Waals surface area (Å²) in [4.78, 5) is 16.1. The van der Waals surface area contributed by atoms with Crippen LogP contribution in [0.4, 0.5) is 5.69 Å². The summed E-state index contributed by atoms with van der Waals surface area (Å²) in [5.41, 5.74) is 7.10. The van der Waals surface area contributed by atoms with Gasteiger partial charge in [0.05, 0.1) is 11.6 Å². The summed E-state index contributed by atoms with van der Waals surface area (Å²) in [5.74, 6) is 0.0627. The summed E-state index contributed by atoms with van der Waals surface area (Å²) < 4.78 is 0. The fraction of sp³-hybridized carbons (Fsp3) is 0.136. The summed E-state index contributed by atoms with van der Waals surface area (Å²) >= 11 is 0. The predicted molar refractivity (Wildman–Crippen MR) is 101 cm³/mol. The second kappa shape index (κ2) is 6.81. The molecule has 0 bridgehead atoms. The third-order valence-electron chi connectivity index (χ3n) is 4.66. The van der Waals surface area contributed by atoms with E-state index >= 15 is 0 Å². The fourth-order valence-electron chi connectivity index (χ4n) is 3.33. The van der Waals surface area contributed by atoms with Crippen LogP contribution in [-0.2, 0) is 17.6 Å². The largest absolute Gasteiger partial charge is 0.326 e. The molecule has 1 N–H and O–H groups in total. The predicted octanol–water partition coefficient (Wildman–Crippen LogP) is 4.10. The Kier molecular flexibility index (Phi) is 4.20. The molecule has 1 aliphatic rings. The van der Waals surface area contributed by atoms with Crippen molar-refractivity contribution in [3.8, 4) is 17.2 Å². The molecule has 126 valence electrons. The molecular formula is C22H17N3O. The van der Waals surface area contributed by atoms with Crippen molar-refractivity contribution >= 4 is 11.6 Å². The number of aryl methyl sites for hydroxylation is 1. The number of carbonyl (C=O) groups excluding carboxylic acids is 1. The molecule has 0 saturated heterocycles. The number of nitriles is 1. The molecule has 0 saturated carbocycles. The zero-order valence-corrected chi connectivity index (χ0v) is 14.2. The highest BCUT2D eigenvalue weighted by atomic mass is 16.1. The van der Waals surface area contributed by atoms with Crippen LogP contribution in [0.5, 0.6) is 0 Å². The molecule has 0 fully saturated rings. The molecule has 4 nitrogen and oxygen atoms in total.